The molecule has 0 bridgehead atoms. The minimum absolute atomic E-state index is 0.00300. The van der Waals surface area contributed by atoms with Crippen LogP contribution in [0.1, 0.15) is 59.3 Å². The van der Waals surface area contributed by atoms with Gasteiger partial charge in [0, 0.05) is 13.1 Å². The van der Waals surface area contributed by atoms with Crippen LogP contribution in [0.3, 0.4) is 0 Å². The van der Waals surface area contributed by atoms with E-state index in [0.717, 1.165) is 32.4 Å². The molecular formula is C23H35NO4S. The maximum atomic E-state index is 12.6. The summed E-state index contributed by atoms with van der Waals surface area (Å²) >= 11 is -1.95. The lowest BCUT2D eigenvalue weighted by atomic mass is 10.1. The number of ether oxygens (including phenoxy) is 1. The van der Waals surface area contributed by atoms with Gasteiger partial charge in [0.1, 0.15) is 5.75 Å². The largest absolute Gasteiger partial charge is 0.462 e. The molecule has 0 aliphatic heterocycles. The molecule has 0 radical (unpaired) electrons. The molecule has 0 saturated carbocycles. The van der Waals surface area contributed by atoms with Gasteiger partial charge in [-0.3, -0.25) is 0 Å². The number of para-hydroxylation sites is 1. The first-order valence-electron chi connectivity index (χ1n) is 10.6. The van der Waals surface area contributed by atoms with Crippen molar-refractivity contribution in [1.29, 1.82) is 0 Å². The standard InChI is InChI=1S/C23H35NO4S/c1-4-7-8-9-10-14-20-27-23(25)22(18-15-19-24(5-2)6-3)29(26)28-21-16-12-11-13-17-21/h11-13,15-19H,4-10,14,20H2,1-3H3/b19-15+,22-18+. The zero-order valence-electron chi connectivity index (χ0n) is 18.0. The zero-order valence-corrected chi connectivity index (χ0v) is 18.8. The van der Waals surface area contributed by atoms with Crippen molar-refractivity contribution in [1.82, 2.24) is 4.90 Å². The van der Waals surface area contributed by atoms with Crippen LogP contribution in [0.4, 0.5) is 0 Å². The van der Waals surface area contributed by atoms with E-state index in [1.165, 1.54) is 25.3 Å². The fraction of sp³-hybridized carbons (Fsp3) is 0.522. The van der Waals surface area contributed by atoms with Crippen molar-refractivity contribution in [2.24, 2.45) is 0 Å². The molecule has 0 amide bonds. The van der Waals surface area contributed by atoms with Crippen LogP contribution in [-0.2, 0) is 20.6 Å². The lowest BCUT2D eigenvalue weighted by Gasteiger charge is -2.14. The average molecular weight is 422 g/mol. The van der Waals surface area contributed by atoms with Crippen molar-refractivity contribution in [3.05, 3.63) is 53.6 Å². The molecule has 0 N–H and O–H groups in total. The number of rotatable bonds is 15. The Balaban J connectivity index is 2.70. The van der Waals surface area contributed by atoms with E-state index in [-0.39, 0.29) is 4.91 Å². The van der Waals surface area contributed by atoms with Gasteiger partial charge >= 0.3 is 5.97 Å². The van der Waals surface area contributed by atoms with Gasteiger partial charge in [-0.1, -0.05) is 57.2 Å². The Morgan fingerprint density at radius 3 is 2.31 bits per heavy atom. The minimum atomic E-state index is -1.95. The van der Waals surface area contributed by atoms with E-state index < -0.39 is 17.0 Å². The first-order valence-corrected chi connectivity index (χ1v) is 11.6. The number of benzene rings is 1. The van der Waals surface area contributed by atoms with Gasteiger partial charge in [-0.25, -0.2) is 9.00 Å². The lowest BCUT2D eigenvalue weighted by Crippen LogP contribution is -2.17. The summed E-state index contributed by atoms with van der Waals surface area (Å²) in [6.45, 7) is 8.30. The molecule has 1 rings (SSSR count). The Kier molecular flexibility index (Phi) is 13.6. The van der Waals surface area contributed by atoms with Crippen molar-refractivity contribution in [3.63, 3.8) is 0 Å². The second-order valence-electron chi connectivity index (χ2n) is 6.63. The monoisotopic (exact) mass is 421 g/mol. The number of hydrogen-bond donors (Lipinski definition) is 0. The van der Waals surface area contributed by atoms with Gasteiger partial charge in [0.15, 0.2) is 4.91 Å². The molecule has 6 heteroatoms. The van der Waals surface area contributed by atoms with Crippen LogP contribution in [-0.4, -0.2) is 34.8 Å². The van der Waals surface area contributed by atoms with Crippen LogP contribution in [0, 0.1) is 0 Å². The maximum absolute atomic E-state index is 12.6. The van der Waals surface area contributed by atoms with Crippen LogP contribution < -0.4 is 4.18 Å². The van der Waals surface area contributed by atoms with E-state index in [0.29, 0.717) is 12.4 Å². The van der Waals surface area contributed by atoms with Crippen molar-refractivity contribution in [2.45, 2.75) is 59.3 Å². The van der Waals surface area contributed by atoms with E-state index in [1.807, 2.05) is 26.1 Å². The van der Waals surface area contributed by atoms with Crippen molar-refractivity contribution < 1.29 is 17.9 Å². The molecule has 162 valence electrons. The molecule has 29 heavy (non-hydrogen) atoms. The molecule has 0 aliphatic rings. The van der Waals surface area contributed by atoms with Crippen LogP contribution in [0.5, 0.6) is 5.75 Å². The second-order valence-corrected chi connectivity index (χ2v) is 7.70. The molecule has 1 aromatic carbocycles. The van der Waals surface area contributed by atoms with Gasteiger partial charge in [0.2, 0.25) is 11.1 Å². The van der Waals surface area contributed by atoms with E-state index in [9.17, 15) is 9.00 Å². The molecule has 0 fully saturated rings. The molecule has 1 atom stereocenters. The summed E-state index contributed by atoms with van der Waals surface area (Å²) in [5.41, 5.74) is 0. The summed E-state index contributed by atoms with van der Waals surface area (Å²) in [6.07, 6.45) is 11.7. The first kappa shape index (κ1) is 25.0. The fourth-order valence-electron chi connectivity index (χ4n) is 2.60. The van der Waals surface area contributed by atoms with Crippen LogP contribution in [0.15, 0.2) is 53.6 Å². The highest BCUT2D eigenvalue weighted by atomic mass is 32.2. The predicted molar refractivity (Wildman–Crippen MR) is 120 cm³/mol. The van der Waals surface area contributed by atoms with Gasteiger partial charge in [0.05, 0.1) is 6.61 Å². The molecule has 1 aromatic rings. The highest BCUT2D eigenvalue weighted by molar-refractivity contribution is 7.85. The van der Waals surface area contributed by atoms with Crippen molar-refractivity contribution >= 4 is 17.0 Å². The summed E-state index contributed by atoms with van der Waals surface area (Å²) in [6, 6.07) is 8.81. The average Bonchev–Trinajstić information content (AvgIpc) is 2.73. The quantitative estimate of drug-likeness (QED) is 0.165. The number of nitrogens with zero attached hydrogens (tertiary/aromatic N) is 1. The molecule has 0 spiro atoms. The number of unbranched alkanes of at least 4 members (excludes halogenated alkanes) is 5. The normalized spacial score (nSPS) is 12.7. The lowest BCUT2D eigenvalue weighted by molar-refractivity contribution is -0.138. The van der Waals surface area contributed by atoms with Gasteiger partial charge in [-0.15, -0.1) is 0 Å². The molecule has 0 heterocycles. The van der Waals surface area contributed by atoms with Crippen LogP contribution >= 0.6 is 0 Å². The van der Waals surface area contributed by atoms with Gasteiger partial charge in [-0.05, 0) is 50.8 Å². The second kappa shape index (κ2) is 15.8. The minimum Gasteiger partial charge on any atom is -0.462 e. The van der Waals surface area contributed by atoms with E-state index in [4.69, 9.17) is 8.92 Å². The fourth-order valence-corrected chi connectivity index (χ4v) is 3.37. The maximum Gasteiger partial charge on any atom is 0.350 e. The molecule has 0 aliphatic carbocycles. The Hall–Kier alpha value is -2.08. The van der Waals surface area contributed by atoms with Gasteiger partial charge < -0.3 is 13.8 Å². The molecule has 0 aromatic heterocycles. The summed E-state index contributed by atoms with van der Waals surface area (Å²) < 4.78 is 23.4. The number of esters is 1. The number of allylic oxidation sites excluding steroid dienone is 2. The third-order valence-corrected chi connectivity index (χ3v) is 5.39. The summed E-state index contributed by atoms with van der Waals surface area (Å²) in [4.78, 5) is 14.6. The Morgan fingerprint density at radius 1 is 1.00 bits per heavy atom. The first-order chi connectivity index (χ1) is 14.1. The Morgan fingerprint density at radius 2 is 1.66 bits per heavy atom. The number of carbonyl (C=O) groups is 1. The smallest absolute Gasteiger partial charge is 0.350 e. The van der Waals surface area contributed by atoms with E-state index in [1.54, 1.807) is 30.3 Å². The Labute approximate surface area is 178 Å². The molecule has 5 nitrogen and oxygen atoms in total. The summed E-state index contributed by atoms with van der Waals surface area (Å²) in [5, 5.41) is 0. The third kappa shape index (κ3) is 10.9. The van der Waals surface area contributed by atoms with E-state index >= 15 is 0 Å². The van der Waals surface area contributed by atoms with E-state index in [2.05, 4.69) is 11.8 Å². The van der Waals surface area contributed by atoms with Crippen LogP contribution in [0.25, 0.3) is 0 Å². The zero-order chi connectivity index (χ0) is 21.3. The summed E-state index contributed by atoms with van der Waals surface area (Å²) in [5.74, 6) is -0.162. The molecule has 1 unspecified atom stereocenters. The molecule has 0 saturated heterocycles. The molecular weight excluding hydrogens is 386 g/mol. The number of hydrogen-bond acceptors (Lipinski definition) is 5. The predicted octanol–water partition coefficient (Wildman–Crippen LogP) is 5.37. The highest BCUT2D eigenvalue weighted by Gasteiger charge is 2.20. The van der Waals surface area contributed by atoms with Gasteiger partial charge in [-0.2, -0.15) is 0 Å². The number of carbonyl (C=O) groups excluding carboxylic acids is 1. The van der Waals surface area contributed by atoms with Crippen LogP contribution in [0.2, 0.25) is 0 Å². The van der Waals surface area contributed by atoms with Crippen molar-refractivity contribution in [2.75, 3.05) is 19.7 Å². The van der Waals surface area contributed by atoms with Gasteiger partial charge in [0.25, 0.3) is 0 Å². The SMILES string of the molecule is CCCCCCCCOC(=O)/C(=C\C=C\N(CC)CC)S(=O)Oc1ccccc1. The topological polar surface area (TPSA) is 55.8 Å². The third-order valence-electron chi connectivity index (χ3n) is 4.38. The summed E-state index contributed by atoms with van der Waals surface area (Å²) in [7, 11) is 0. The Bertz CT molecular complexity index is 654. The van der Waals surface area contributed by atoms with Crippen molar-refractivity contribution in [3.8, 4) is 5.75 Å². The highest BCUT2D eigenvalue weighted by Crippen LogP contribution is 2.15.